The van der Waals surface area contributed by atoms with Gasteiger partial charge in [0.25, 0.3) is 0 Å². The molecule has 0 aromatic rings. The molecule has 228 valence electrons. The Morgan fingerprint density at radius 1 is 0.829 bits per heavy atom. The molecule has 41 heavy (non-hydrogen) atoms. The second-order valence-corrected chi connectivity index (χ2v) is 9.20. The van der Waals surface area contributed by atoms with E-state index in [1.807, 2.05) is 44.2 Å². The molecule has 0 aromatic carbocycles. The summed E-state index contributed by atoms with van der Waals surface area (Å²) in [4.78, 5) is 34.5. The van der Waals surface area contributed by atoms with Gasteiger partial charge in [0.15, 0.2) is 13.6 Å². The van der Waals surface area contributed by atoms with Crippen molar-refractivity contribution in [3.8, 4) is 0 Å². The van der Waals surface area contributed by atoms with Gasteiger partial charge in [-0.15, -0.1) is 0 Å². The van der Waals surface area contributed by atoms with Gasteiger partial charge >= 0.3 is 17.9 Å². The van der Waals surface area contributed by atoms with Gasteiger partial charge < -0.3 is 28.8 Å². The first-order chi connectivity index (χ1) is 19.6. The van der Waals surface area contributed by atoms with E-state index in [9.17, 15) is 14.4 Å². The van der Waals surface area contributed by atoms with Gasteiger partial charge in [-0.2, -0.15) is 0 Å². The lowest BCUT2D eigenvalue weighted by atomic mass is 10.0. The number of carbonyl (C=O) groups is 3. The highest BCUT2D eigenvalue weighted by atomic mass is 16.7. The lowest BCUT2D eigenvalue weighted by molar-refractivity contribution is -0.149. The highest BCUT2D eigenvalue weighted by molar-refractivity contribution is 5.88. The largest absolute Gasteiger partial charge is 0.481 e. The third-order valence-corrected chi connectivity index (χ3v) is 5.54. The normalized spacial score (nSPS) is 14.8. The van der Waals surface area contributed by atoms with Crippen molar-refractivity contribution in [1.82, 2.24) is 0 Å². The Hall–Kier alpha value is -3.53. The summed E-state index contributed by atoms with van der Waals surface area (Å²) in [5, 5.41) is 9.06. The van der Waals surface area contributed by atoms with Gasteiger partial charge in [0.1, 0.15) is 0 Å². The molecule has 9 nitrogen and oxygen atoms in total. The van der Waals surface area contributed by atoms with Crippen molar-refractivity contribution in [3.05, 3.63) is 83.6 Å². The van der Waals surface area contributed by atoms with Gasteiger partial charge in [-0.05, 0) is 56.6 Å². The van der Waals surface area contributed by atoms with Gasteiger partial charge in [0, 0.05) is 33.0 Å². The zero-order valence-electron chi connectivity index (χ0n) is 25.2. The molecule has 0 saturated carbocycles. The number of methoxy groups -OCH3 is 3. The number of unbranched alkanes of at least 4 members (excludes halogenated alkanes) is 1. The molecule has 0 bridgehead atoms. The molecule has 0 aliphatic rings. The van der Waals surface area contributed by atoms with Crippen LogP contribution in [0.25, 0.3) is 0 Å². The van der Waals surface area contributed by atoms with Crippen molar-refractivity contribution in [2.45, 2.75) is 59.0 Å². The molecule has 1 N–H and O–H groups in total. The predicted molar refractivity (Wildman–Crippen MR) is 159 cm³/mol. The van der Waals surface area contributed by atoms with Gasteiger partial charge in [-0.1, -0.05) is 67.7 Å². The molecule has 0 rings (SSSR count). The van der Waals surface area contributed by atoms with Gasteiger partial charge in [0.2, 0.25) is 0 Å². The lowest BCUT2D eigenvalue weighted by Crippen LogP contribution is -2.11. The molecule has 0 saturated heterocycles. The smallest absolute Gasteiger partial charge is 0.335 e. The molecule has 0 heterocycles. The van der Waals surface area contributed by atoms with Crippen LogP contribution in [0.4, 0.5) is 0 Å². The Kier molecular flexibility index (Phi) is 22.2. The third kappa shape index (κ3) is 21.0. The number of ether oxygens (including phenoxy) is 5. The summed E-state index contributed by atoms with van der Waals surface area (Å²) in [6.07, 6.45) is 23.5. The number of allylic oxidation sites excluding steroid dienone is 9. The maximum Gasteiger partial charge on any atom is 0.335 e. The second kappa shape index (κ2) is 24.3. The van der Waals surface area contributed by atoms with Gasteiger partial charge in [-0.3, -0.25) is 4.79 Å². The van der Waals surface area contributed by atoms with Crippen LogP contribution >= 0.6 is 0 Å². The summed E-state index contributed by atoms with van der Waals surface area (Å²) in [6, 6.07) is 0. The Morgan fingerprint density at radius 3 is 2.15 bits per heavy atom. The zero-order valence-corrected chi connectivity index (χ0v) is 25.2. The van der Waals surface area contributed by atoms with E-state index in [2.05, 4.69) is 23.0 Å². The van der Waals surface area contributed by atoms with Crippen molar-refractivity contribution in [3.63, 3.8) is 0 Å². The number of carboxylic acids is 1. The van der Waals surface area contributed by atoms with Crippen LogP contribution in [0.2, 0.25) is 0 Å². The summed E-state index contributed by atoms with van der Waals surface area (Å²) in [5.41, 5.74) is 1.84. The topological polar surface area (TPSA) is 118 Å². The number of hydrogen-bond acceptors (Lipinski definition) is 8. The standard InChI is InChI=1S/C32H46O9/c1-25(17-20-28(21-30(33)34)22-31(35)40-23-37-4)15-13-11-9-7-8-10-12-14-16-29(39-6)26(2)18-19-27(3)32(36)41-24-38-5/h8,10-14,17-20,22,25,29H,7,9,15-16,21,23-24H2,1-6H3,(H,33,34)/b10-8+,13-11+,14-12-,20-17+,26-18-,27-19+,28-22+/t25-,29+/m0/s1. The SMILES string of the molecule is COCOC(=O)/C=C(\C=C\[C@@H](C)C/C=C/CC/C=C/C=C\C[C@@H](OC)/C(C)=C\C=C(/C)C(=O)OCOC)CC(=O)O. The first kappa shape index (κ1) is 37.5. The highest BCUT2D eigenvalue weighted by Crippen LogP contribution is 2.13. The number of aliphatic carboxylic acids is 1. The molecule has 0 aliphatic carbocycles. The lowest BCUT2D eigenvalue weighted by Gasteiger charge is -2.13. The van der Waals surface area contributed by atoms with E-state index in [0.29, 0.717) is 17.6 Å². The number of esters is 2. The summed E-state index contributed by atoms with van der Waals surface area (Å²) in [5.74, 6) is -1.92. The Balaban J connectivity index is 4.55. The first-order valence-corrected chi connectivity index (χ1v) is 13.4. The minimum atomic E-state index is -1.02. The predicted octanol–water partition coefficient (Wildman–Crippen LogP) is 6.01. The molecule has 0 spiro atoms. The van der Waals surface area contributed by atoms with E-state index in [1.54, 1.807) is 26.2 Å². The zero-order chi connectivity index (χ0) is 30.9. The summed E-state index contributed by atoms with van der Waals surface area (Å²) >= 11 is 0. The van der Waals surface area contributed by atoms with Crippen molar-refractivity contribution in [1.29, 1.82) is 0 Å². The van der Waals surface area contributed by atoms with Crippen molar-refractivity contribution < 1.29 is 43.2 Å². The minimum Gasteiger partial charge on any atom is -0.481 e. The molecule has 0 radical (unpaired) electrons. The number of rotatable bonds is 21. The van der Waals surface area contributed by atoms with E-state index in [0.717, 1.165) is 24.8 Å². The van der Waals surface area contributed by atoms with Crippen LogP contribution in [0.1, 0.15) is 52.9 Å². The average Bonchev–Trinajstić information content (AvgIpc) is 2.94. The summed E-state index contributed by atoms with van der Waals surface area (Å²) < 4.78 is 24.7. The molecule has 0 aromatic heterocycles. The average molecular weight is 575 g/mol. The monoisotopic (exact) mass is 574 g/mol. The number of hydrogen-bond donors (Lipinski definition) is 1. The fourth-order valence-electron chi connectivity index (χ4n) is 3.21. The van der Waals surface area contributed by atoms with Crippen molar-refractivity contribution in [2.75, 3.05) is 34.9 Å². The number of carbonyl (C=O) groups excluding carboxylic acids is 2. The first-order valence-electron chi connectivity index (χ1n) is 13.4. The number of carboxylic acid groups (broad SMARTS) is 1. The molecule has 2 atom stereocenters. The van der Waals surface area contributed by atoms with Gasteiger partial charge in [0.05, 0.1) is 12.5 Å². The molecule has 0 amide bonds. The van der Waals surface area contributed by atoms with Crippen LogP contribution in [0.3, 0.4) is 0 Å². The molecule has 9 heteroatoms. The van der Waals surface area contributed by atoms with Crippen molar-refractivity contribution in [2.24, 2.45) is 5.92 Å². The summed E-state index contributed by atoms with van der Waals surface area (Å²) in [6.45, 7) is 5.40. The molecular formula is C32H46O9. The van der Waals surface area contributed by atoms with E-state index < -0.39 is 17.9 Å². The summed E-state index contributed by atoms with van der Waals surface area (Å²) in [7, 11) is 4.51. The quantitative estimate of drug-likeness (QED) is 0.0439. The fraction of sp³-hybridized carbons (Fsp3) is 0.469. The third-order valence-electron chi connectivity index (χ3n) is 5.54. The van der Waals surface area contributed by atoms with Crippen LogP contribution in [-0.2, 0) is 38.1 Å². The van der Waals surface area contributed by atoms with Gasteiger partial charge in [-0.25, -0.2) is 9.59 Å². The van der Waals surface area contributed by atoms with E-state index in [-0.39, 0.29) is 32.0 Å². The van der Waals surface area contributed by atoms with E-state index >= 15 is 0 Å². The van der Waals surface area contributed by atoms with Crippen LogP contribution < -0.4 is 0 Å². The fourth-order valence-corrected chi connectivity index (χ4v) is 3.21. The molecule has 0 fully saturated rings. The van der Waals surface area contributed by atoms with Crippen LogP contribution in [0.15, 0.2) is 83.6 Å². The van der Waals surface area contributed by atoms with Crippen LogP contribution in [0, 0.1) is 5.92 Å². The van der Waals surface area contributed by atoms with E-state index in [4.69, 9.17) is 24.1 Å². The Labute approximate surface area is 244 Å². The van der Waals surface area contributed by atoms with E-state index in [1.165, 1.54) is 20.3 Å². The highest BCUT2D eigenvalue weighted by Gasteiger charge is 2.08. The Morgan fingerprint density at radius 2 is 1.49 bits per heavy atom. The van der Waals surface area contributed by atoms with Crippen LogP contribution in [0.5, 0.6) is 0 Å². The Bertz CT molecular complexity index is 997. The second-order valence-electron chi connectivity index (χ2n) is 9.20. The maximum atomic E-state index is 11.8. The molecule has 0 unspecified atom stereocenters. The molecule has 0 aliphatic heterocycles. The molecular weight excluding hydrogens is 528 g/mol. The maximum absolute atomic E-state index is 11.8. The van der Waals surface area contributed by atoms with Crippen LogP contribution in [-0.4, -0.2) is 64.0 Å². The minimum absolute atomic E-state index is 0.0761. The van der Waals surface area contributed by atoms with Crippen molar-refractivity contribution >= 4 is 17.9 Å².